The molecule has 5 nitrogen and oxygen atoms in total. The highest BCUT2D eigenvalue weighted by Crippen LogP contribution is 2.24. The highest BCUT2D eigenvalue weighted by atomic mass is 32.2. The minimum atomic E-state index is -0.0776. The van der Waals surface area contributed by atoms with Crippen molar-refractivity contribution in [3.05, 3.63) is 61.2 Å². The molecule has 0 radical (unpaired) electrons. The van der Waals surface area contributed by atoms with E-state index in [1.165, 1.54) is 0 Å². The van der Waals surface area contributed by atoms with E-state index in [9.17, 15) is 4.79 Å². The van der Waals surface area contributed by atoms with Gasteiger partial charge < -0.3 is 14.8 Å². The predicted molar refractivity (Wildman–Crippen MR) is 110 cm³/mol. The lowest BCUT2D eigenvalue weighted by atomic mass is 10.2. The Morgan fingerprint density at radius 3 is 2.65 bits per heavy atom. The first-order valence-electron chi connectivity index (χ1n) is 8.34. The lowest BCUT2D eigenvalue weighted by Gasteiger charge is -2.13. The topological polar surface area (TPSA) is 50.2 Å². The number of carbonyl (C=O) groups is 1. The average molecular weight is 366 g/mol. The van der Waals surface area contributed by atoms with E-state index in [1.807, 2.05) is 78.2 Å². The van der Waals surface area contributed by atoms with Gasteiger partial charge >= 0.3 is 0 Å². The molecule has 0 bridgehead atoms. The molecule has 0 unspecified atom stereocenters. The zero-order chi connectivity index (χ0) is 18.5. The van der Waals surface area contributed by atoms with E-state index >= 15 is 0 Å². The lowest BCUT2D eigenvalue weighted by Crippen LogP contribution is -2.19. The number of amides is 1. The molecule has 1 heterocycles. The van der Waals surface area contributed by atoms with Crippen LogP contribution in [0, 0.1) is 0 Å². The van der Waals surface area contributed by atoms with Crippen LogP contribution in [0.4, 0.5) is 11.4 Å². The van der Waals surface area contributed by atoms with Gasteiger partial charge in [0.25, 0.3) is 0 Å². The summed E-state index contributed by atoms with van der Waals surface area (Å²) in [7, 11) is 3.97. The molecule has 0 aliphatic heterocycles. The Morgan fingerprint density at radius 2 is 1.96 bits per heavy atom. The van der Waals surface area contributed by atoms with E-state index in [1.54, 1.807) is 11.8 Å². The molecular weight excluding hydrogens is 344 g/mol. The number of aromatic nitrogens is 2. The molecule has 1 amide bonds. The molecule has 0 fully saturated rings. The Balaban J connectivity index is 1.78. The van der Waals surface area contributed by atoms with E-state index < -0.39 is 0 Å². The number of benzene rings is 2. The molecule has 1 aromatic heterocycles. The molecular formula is C20H22N4OS. The van der Waals surface area contributed by atoms with Crippen molar-refractivity contribution in [2.24, 2.45) is 0 Å². The maximum absolute atomic E-state index is 12.6. The third-order valence-electron chi connectivity index (χ3n) is 3.92. The number of hydrogen-bond acceptors (Lipinski definition) is 4. The normalized spacial score (nSPS) is 10.7. The van der Waals surface area contributed by atoms with Crippen LogP contribution in [0.25, 0.3) is 11.0 Å². The number of para-hydroxylation sites is 2. The summed E-state index contributed by atoms with van der Waals surface area (Å²) in [5.74, 6) is 0.669. The van der Waals surface area contributed by atoms with Gasteiger partial charge in [-0.15, -0.1) is 6.58 Å². The number of fused-ring (bicyclic) bond motifs is 1. The van der Waals surface area contributed by atoms with E-state index in [0.29, 0.717) is 0 Å². The largest absolute Gasteiger partial charge is 0.378 e. The van der Waals surface area contributed by atoms with Crippen molar-refractivity contribution < 1.29 is 4.79 Å². The molecule has 3 aromatic rings. The number of hydrogen-bond donors (Lipinski definition) is 1. The fourth-order valence-corrected chi connectivity index (χ4v) is 3.39. The summed E-state index contributed by atoms with van der Waals surface area (Å²) in [5.41, 5.74) is 3.72. The highest BCUT2D eigenvalue weighted by Gasteiger charge is 2.14. The molecule has 0 atom stereocenters. The Labute approximate surface area is 157 Å². The van der Waals surface area contributed by atoms with Gasteiger partial charge in [0.05, 0.1) is 11.0 Å². The van der Waals surface area contributed by atoms with Gasteiger partial charge in [-0.3, -0.25) is 4.79 Å². The minimum absolute atomic E-state index is 0.0776. The van der Waals surface area contributed by atoms with Crippen molar-refractivity contribution >= 4 is 40.1 Å². The van der Waals surface area contributed by atoms with Crippen LogP contribution in [-0.4, -0.2) is 35.3 Å². The van der Waals surface area contributed by atoms with Crippen molar-refractivity contribution in [3.8, 4) is 0 Å². The first kappa shape index (κ1) is 18.1. The van der Waals surface area contributed by atoms with Gasteiger partial charge in [0, 0.05) is 31.2 Å². The van der Waals surface area contributed by atoms with Gasteiger partial charge in [-0.25, -0.2) is 4.98 Å². The number of rotatable bonds is 7. The number of anilines is 2. The second kappa shape index (κ2) is 8.10. The molecule has 0 aliphatic rings. The molecule has 3 rings (SSSR count). The van der Waals surface area contributed by atoms with Crippen molar-refractivity contribution in [3.63, 3.8) is 0 Å². The fraction of sp³-hybridized carbons (Fsp3) is 0.200. The fourth-order valence-electron chi connectivity index (χ4n) is 2.64. The average Bonchev–Trinajstić information content (AvgIpc) is 2.98. The van der Waals surface area contributed by atoms with Crippen LogP contribution in [0.3, 0.4) is 0 Å². The van der Waals surface area contributed by atoms with Crippen molar-refractivity contribution in [1.82, 2.24) is 9.55 Å². The quantitative estimate of drug-likeness (QED) is 0.507. The van der Waals surface area contributed by atoms with Crippen LogP contribution in [0.2, 0.25) is 0 Å². The molecule has 134 valence electrons. The Hall–Kier alpha value is -2.73. The second-order valence-electron chi connectivity index (χ2n) is 6.06. The summed E-state index contributed by atoms with van der Waals surface area (Å²) in [5, 5.41) is 3.78. The minimum Gasteiger partial charge on any atom is -0.378 e. The maximum atomic E-state index is 12.6. The predicted octanol–water partition coefficient (Wildman–Crippen LogP) is 4.02. The first-order chi connectivity index (χ1) is 12.6. The highest BCUT2D eigenvalue weighted by molar-refractivity contribution is 7.99. The monoisotopic (exact) mass is 366 g/mol. The van der Waals surface area contributed by atoms with Gasteiger partial charge in [0.2, 0.25) is 5.91 Å². The van der Waals surface area contributed by atoms with Crippen molar-refractivity contribution in [2.75, 3.05) is 30.1 Å². The summed E-state index contributed by atoms with van der Waals surface area (Å²) in [6.45, 7) is 3.97. The summed E-state index contributed by atoms with van der Waals surface area (Å²) in [6, 6.07) is 15.6. The Kier molecular flexibility index (Phi) is 5.63. The molecule has 0 spiro atoms. The molecule has 0 saturated heterocycles. The summed E-state index contributed by atoms with van der Waals surface area (Å²) in [6.07, 6.45) is 1.83. The summed E-state index contributed by atoms with van der Waals surface area (Å²) >= 11 is 1.57. The van der Waals surface area contributed by atoms with E-state index in [0.717, 1.165) is 33.3 Å². The van der Waals surface area contributed by atoms with Crippen LogP contribution >= 0.6 is 11.8 Å². The smallest absolute Gasteiger partial charge is 0.244 e. The van der Waals surface area contributed by atoms with Gasteiger partial charge in [-0.1, -0.05) is 30.0 Å². The Morgan fingerprint density at radius 1 is 1.23 bits per heavy atom. The molecule has 6 heteroatoms. The molecule has 0 aliphatic carbocycles. The van der Waals surface area contributed by atoms with Crippen molar-refractivity contribution in [1.29, 1.82) is 0 Å². The Bertz CT molecular complexity index is 915. The van der Waals surface area contributed by atoms with Crippen LogP contribution in [-0.2, 0) is 11.3 Å². The number of carbonyl (C=O) groups excluding carboxylic acids is 1. The van der Waals surface area contributed by atoms with Crippen LogP contribution < -0.4 is 10.2 Å². The second-order valence-corrected chi connectivity index (χ2v) is 7.05. The van der Waals surface area contributed by atoms with Crippen LogP contribution in [0.15, 0.2) is 66.3 Å². The first-order valence-corrected chi connectivity index (χ1v) is 9.33. The van der Waals surface area contributed by atoms with Crippen molar-refractivity contribution in [2.45, 2.75) is 11.7 Å². The summed E-state index contributed by atoms with van der Waals surface area (Å²) < 4.78 is 1.95. The third-order valence-corrected chi connectivity index (χ3v) is 4.89. The van der Waals surface area contributed by atoms with E-state index in [2.05, 4.69) is 16.9 Å². The lowest BCUT2D eigenvalue weighted by molar-refractivity contribution is -0.116. The van der Waals surface area contributed by atoms with E-state index in [4.69, 9.17) is 0 Å². The molecule has 2 aromatic carbocycles. The standard InChI is InChI=1S/C20H22N4OS/c1-4-13-26-20-22-17-7-5-6-8-18(17)24(20)14-19(25)21-15-9-11-16(12-10-15)23(2)3/h4-12H,1,13-14H2,2-3H3,(H,21,25). The molecule has 1 N–H and O–H groups in total. The molecule has 0 saturated carbocycles. The zero-order valence-corrected chi connectivity index (χ0v) is 15.8. The number of thioether (sulfide) groups is 1. The van der Waals surface area contributed by atoms with Crippen LogP contribution in [0.1, 0.15) is 0 Å². The number of nitrogens with one attached hydrogen (secondary N) is 1. The zero-order valence-electron chi connectivity index (χ0n) is 15.0. The van der Waals surface area contributed by atoms with Crippen LogP contribution in [0.5, 0.6) is 0 Å². The molecule has 26 heavy (non-hydrogen) atoms. The van der Waals surface area contributed by atoms with E-state index in [-0.39, 0.29) is 12.5 Å². The van der Waals surface area contributed by atoms with Gasteiger partial charge in [-0.05, 0) is 36.4 Å². The maximum Gasteiger partial charge on any atom is 0.244 e. The third kappa shape index (κ3) is 4.08. The summed E-state index contributed by atoms with van der Waals surface area (Å²) in [4.78, 5) is 19.2. The van der Waals surface area contributed by atoms with Gasteiger partial charge in [0.15, 0.2) is 5.16 Å². The van der Waals surface area contributed by atoms with Gasteiger partial charge in [-0.2, -0.15) is 0 Å². The van der Waals surface area contributed by atoms with Gasteiger partial charge in [0.1, 0.15) is 6.54 Å². The number of nitrogens with zero attached hydrogens (tertiary/aromatic N) is 3. The SMILES string of the molecule is C=CCSc1nc2ccccc2n1CC(=O)Nc1ccc(N(C)C)cc1. The number of imidazole rings is 1.